The predicted octanol–water partition coefficient (Wildman–Crippen LogP) is 5.47. The van der Waals surface area contributed by atoms with E-state index in [2.05, 4.69) is 4.98 Å². The molecule has 0 aliphatic carbocycles. The minimum absolute atomic E-state index is 0.218. The molecule has 2 heterocycles. The summed E-state index contributed by atoms with van der Waals surface area (Å²) in [5, 5.41) is 0. The number of nitrogens with one attached hydrogen (secondary N) is 1. The average Bonchev–Trinajstić information content (AvgIpc) is 3.47. The average molecular weight is 497 g/mol. The van der Waals surface area contributed by atoms with Gasteiger partial charge in [0.15, 0.2) is 17.3 Å². The molecule has 0 atom stereocenters. The number of halogens is 1. The van der Waals surface area contributed by atoms with E-state index in [0.717, 1.165) is 4.88 Å². The minimum Gasteiger partial charge on any atom is -0.493 e. The van der Waals surface area contributed by atoms with Crippen LogP contribution < -0.4 is 19.9 Å². The van der Waals surface area contributed by atoms with Crippen molar-refractivity contribution in [3.05, 3.63) is 86.8 Å². The standard InChI is InChI=1S/C25H21ClN2O5S/c1-31-20-11-15(12-21(32-2)24(20)33-3)7-8-19(29)16-5-4-6-17(13-16)28-14-18(27-25(28)30)22-9-10-23(26)34-22/h4-14H,1-3H3,(H,27,30)/b8-7+. The number of carbonyl (C=O) groups excluding carboxylic acids is 1. The molecular formula is C25H21ClN2O5S. The number of benzene rings is 2. The fraction of sp³-hybridized carbons (Fsp3) is 0.120. The third-order valence-electron chi connectivity index (χ3n) is 5.08. The molecule has 34 heavy (non-hydrogen) atoms. The van der Waals surface area contributed by atoms with Crippen molar-refractivity contribution in [3.63, 3.8) is 0 Å². The van der Waals surface area contributed by atoms with Crippen LogP contribution in [0, 0.1) is 0 Å². The summed E-state index contributed by atoms with van der Waals surface area (Å²) < 4.78 is 18.1. The number of nitrogens with zero attached hydrogens (tertiary/aromatic N) is 1. The Hall–Kier alpha value is -3.75. The quantitative estimate of drug-likeness (QED) is 0.258. The molecule has 9 heteroatoms. The van der Waals surface area contributed by atoms with Crippen LogP contribution in [0.5, 0.6) is 17.2 Å². The van der Waals surface area contributed by atoms with Gasteiger partial charge in [-0.2, -0.15) is 0 Å². The van der Waals surface area contributed by atoms with Crippen molar-refractivity contribution in [2.75, 3.05) is 21.3 Å². The highest BCUT2D eigenvalue weighted by molar-refractivity contribution is 7.19. The molecule has 0 aliphatic rings. The van der Waals surface area contributed by atoms with E-state index in [4.69, 9.17) is 25.8 Å². The van der Waals surface area contributed by atoms with Crippen molar-refractivity contribution in [3.8, 4) is 33.5 Å². The number of imidazole rings is 1. The van der Waals surface area contributed by atoms with E-state index in [1.807, 2.05) is 6.07 Å². The molecule has 0 fully saturated rings. The van der Waals surface area contributed by atoms with Gasteiger partial charge in [-0.25, -0.2) is 4.79 Å². The zero-order chi connectivity index (χ0) is 24.2. The van der Waals surface area contributed by atoms with Crippen LogP contribution in [-0.2, 0) is 0 Å². The summed E-state index contributed by atoms with van der Waals surface area (Å²) in [6, 6.07) is 14.0. The molecule has 7 nitrogen and oxygen atoms in total. The van der Waals surface area contributed by atoms with Gasteiger partial charge in [0.25, 0.3) is 0 Å². The first-order valence-corrected chi connectivity index (χ1v) is 11.3. The lowest BCUT2D eigenvalue weighted by molar-refractivity contribution is 0.104. The number of aromatic amines is 1. The second kappa shape index (κ2) is 10.0. The number of aromatic nitrogens is 2. The first-order chi connectivity index (χ1) is 16.4. The molecule has 0 unspecified atom stereocenters. The maximum absolute atomic E-state index is 12.9. The van der Waals surface area contributed by atoms with E-state index >= 15 is 0 Å². The maximum atomic E-state index is 12.9. The van der Waals surface area contributed by atoms with Gasteiger partial charge in [-0.05, 0) is 48.0 Å². The molecule has 2 aromatic heterocycles. The molecule has 0 radical (unpaired) electrons. The van der Waals surface area contributed by atoms with Crippen LogP contribution in [0.15, 0.2) is 65.6 Å². The van der Waals surface area contributed by atoms with Crippen LogP contribution in [0.4, 0.5) is 0 Å². The molecule has 0 saturated carbocycles. The highest BCUT2D eigenvalue weighted by Crippen LogP contribution is 2.38. The molecule has 4 rings (SSSR count). The van der Waals surface area contributed by atoms with Crippen molar-refractivity contribution in [2.24, 2.45) is 0 Å². The van der Waals surface area contributed by atoms with E-state index in [1.54, 1.807) is 54.7 Å². The number of H-pyrrole nitrogens is 1. The molecule has 0 amide bonds. The summed E-state index contributed by atoms with van der Waals surface area (Å²) >= 11 is 7.38. The summed E-state index contributed by atoms with van der Waals surface area (Å²) in [5.41, 5.74) is 2.07. The monoisotopic (exact) mass is 496 g/mol. The smallest absolute Gasteiger partial charge is 0.330 e. The fourth-order valence-corrected chi connectivity index (χ4v) is 4.45. The van der Waals surface area contributed by atoms with Crippen LogP contribution in [-0.4, -0.2) is 36.7 Å². The first kappa shape index (κ1) is 23.4. The van der Waals surface area contributed by atoms with Crippen LogP contribution in [0.25, 0.3) is 22.3 Å². The number of rotatable bonds is 8. The van der Waals surface area contributed by atoms with E-state index < -0.39 is 0 Å². The fourth-order valence-electron chi connectivity index (χ4n) is 3.45. The Morgan fingerprint density at radius 2 is 1.76 bits per heavy atom. The molecule has 0 saturated heterocycles. The number of carbonyl (C=O) groups is 1. The van der Waals surface area contributed by atoms with Crippen molar-refractivity contribution < 1.29 is 19.0 Å². The number of ether oxygens (including phenoxy) is 3. The van der Waals surface area contributed by atoms with Crippen molar-refractivity contribution >= 4 is 34.8 Å². The van der Waals surface area contributed by atoms with E-state index in [9.17, 15) is 9.59 Å². The second-order valence-electron chi connectivity index (χ2n) is 7.15. The molecular weight excluding hydrogens is 476 g/mol. The number of hydrogen-bond donors (Lipinski definition) is 1. The molecule has 0 spiro atoms. The Labute approximate surface area is 204 Å². The zero-order valence-corrected chi connectivity index (χ0v) is 20.2. The largest absolute Gasteiger partial charge is 0.493 e. The van der Waals surface area contributed by atoms with E-state index in [-0.39, 0.29) is 11.5 Å². The summed E-state index contributed by atoms with van der Waals surface area (Å²) in [6.07, 6.45) is 4.82. The lowest BCUT2D eigenvalue weighted by Crippen LogP contribution is -2.14. The highest BCUT2D eigenvalue weighted by atomic mass is 35.5. The molecule has 4 aromatic rings. The summed E-state index contributed by atoms with van der Waals surface area (Å²) in [5.74, 6) is 1.24. The van der Waals surface area contributed by atoms with E-state index in [1.165, 1.54) is 43.3 Å². The van der Waals surface area contributed by atoms with Crippen LogP contribution in [0.2, 0.25) is 4.34 Å². The van der Waals surface area contributed by atoms with Gasteiger partial charge < -0.3 is 19.2 Å². The number of hydrogen-bond acceptors (Lipinski definition) is 6. The zero-order valence-electron chi connectivity index (χ0n) is 18.6. The van der Waals surface area contributed by atoms with Gasteiger partial charge in [-0.15, -0.1) is 11.3 Å². The Balaban J connectivity index is 1.60. The topological polar surface area (TPSA) is 82.6 Å². The third kappa shape index (κ3) is 4.78. The Bertz CT molecular complexity index is 1410. The lowest BCUT2D eigenvalue weighted by Gasteiger charge is -2.12. The molecule has 2 aromatic carbocycles. The van der Waals surface area contributed by atoms with Gasteiger partial charge in [0.1, 0.15) is 0 Å². The Kier molecular flexibility index (Phi) is 6.90. The number of ketones is 1. The molecule has 174 valence electrons. The number of allylic oxidation sites excluding steroid dienone is 1. The summed E-state index contributed by atoms with van der Waals surface area (Å²) in [4.78, 5) is 29.1. The summed E-state index contributed by atoms with van der Waals surface area (Å²) in [6.45, 7) is 0. The second-order valence-corrected chi connectivity index (χ2v) is 8.87. The van der Waals surface area contributed by atoms with Crippen molar-refractivity contribution in [1.82, 2.24) is 9.55 Å². The van der Waals surface area contributed by atoms with Crippen LogP contribution >= 0.6 is 22.9 Å². The third-order valence-corrected chi connectivity index (χ3v) is 6.34. The number of methoxy groups -OCH3 is 3. The summed E-state index contributed by atoms with van der Waals surface area (Å²) in [7, 11) is 4.59. The molecule has 0 bridgehead atoms. The van der Waals surface area contributed by atoms with Gasteiger partial charge in [0.05, 0.1) is 41.9 Å². The van der Waals surface area contributed by atoms with Crippen LogP contribution in [0.3, 0.4) is 0 Å². The molecule has 1 N–H and O–H groups in total. The highest BCUT2D eigenvalue weighted by Gasteiger charge is 2.13. The normalized spacial score (nSPS) is 11.1. The lowest BCUT2D eigenvalue weighted by atomic mass is 10.1. The first-order valence-electron chi connectivity index (χ1n) is 10.1. The number of thiophene rings is 1. The molecule has 0 aliphatic heterocycles. The maximum Gasteiger partial charge on any atom is 0.330 e. The van der Waals surface area contributed by atoms with Gasteiger partial charge >= 0.3 is 5.69 Å². The van der Waals surface area contributed by atoms with Gasteiger partial charge in [0.2, 0.25) is 5.75 Å². The Morgan fingerprint density at radius 3 is 2.38 bits per heavy atom. The van der Waals surface area contributed by atoms with Gasteiger partial charge in [-0.3, -0.25) is 9.36 Å². The van der Waals surface area contributed by atoms with Crippen LogP contribution in [0.1, 0.15) is 15.9 Å². The minimum atomic E-state index is -0.308. The van der Waals surface area contributed by atoms with E-state index in [0.29, 0.717) is 44.1 Å². The van der Waals surface area contributed by atoms with Crippen molar-refractivity contribution in [2.45, 2.75) is 0 Å². The van der Waals surface area contributed by atoms with Crippen molar-refractivity contribution in [1.29, 1.82) is 0 Å². The van der Waals surface area contributed by atoms with Gasteiger partial charge in [-0.1, -0.05) is 29.8 Å². The van der Waals surface area contributed by atoms with Gasteiger partial charge in [0, 0.05) is 11.8 Å². The SMILES string of the molecule is COc1cc(/C=C/C(=O)c2cccc(-n3cc(-c4ccc(Cl)s4)[nH]c3=O)c2)cc(OC)c1OC. The Morgan fingerprint density at radius 1 is 1.03 bits per heavy atom. The predicted molar refractivity (Wildman–Crippen MR) is 134 cm³/mol.